The maximum absolute atomic E-state index is 14.3. The molecule has 0 aliphatic carbocycles. The van der Waals surface area contributed by atoms with Crippen molar-refractivity contribution in [2.24, 2.45) is 16.0 Å². The number of guanidine groups is 1. The van der Waals surface area contributed by atoms with E-state index in [-0.39, 0.29) is 11.9 Å². The van der Waals surface area contributed by atoms with Gasteiger partial charge < -0.3 is 4.74 Å². The smallest absolute Gasteiger partial charge is 0.406 e. The van der Waals surface area contributed by atoms with Gasteiger partial charge in [-0.15, -0.1) is 13.2 Å². The molecule has 3 rings (SSSR count). The molecule has 0 fully saturated rings. The SMILES string of the molecule is CCCC1CN(C(=Nc2cc(OC(F)(F)F)ccc2F)NC#N)N=C1c1ccc(Cl)c(Cl)c1. The number of nitrogens with zero attached hydrogens (tertiary/aromatic N) is 4. The average Bonchev–Trinajstić information content (AvgIpc) is 3.15. The van der Waals surface area contributed by atoms with Gasteiger partial charge in [0.1, 0.15) is 17.3 Å². The molecule has 1 N–H and O–H groups in total. The molecule has 1 atom stereocenters. The van der Waals surface area contributed by atoms with Gasteiger partial charge in [-0.05, 0) is 36.2 Å². The first-order valence-electron chi connectivity index (χ1n) is 9.71. The number of rotatable bonds is 5. The standard InChI is InChI=1S/C21H17Cl2F4N5O/c1-2-3-13-10-32(31-19(13)12-4-6-15(22)16(23)8-12)20(29-11-28)30-18-9-14(5-7-17(18)24)33-21(25,26)27/h4-9,13H,2-3,10H2,1H3,(H,29,30). The predicted molar refractivity (Wildman–Crippen MR) is 117 cm³/mol. The summed E-state index contributed by atoms with van der Waals surface area (Å²) < 4.78 is 55.7. The Morgan fingerprint density at radius 2 is 2.03 bits per heavy atom. The van der Waals surface area contributed by atoms with E-state index in [2.05, 4.69) is 20.1 Å². The number of benzene rings is 2. The molecule has 0 bridgehead atoms. The second-order valence-corrected chi connectivity index (χ2v) is 7.83. The lowest BCUT2D eigenvalue weighted by atomic mass is 9.93. The Bertz CT molecular complexity index is 1130. The van der Waals surface area contributed by atoms with Gasteiger partial charge in [0, 0.05) is 12.0 Å². The van der Waals surface area contributed by atoms with Crippen LogP contribution in [0.2, 0.25) is 10.0 Å². The lowest BCUT2D eigenvalue weighted by Gasteiger charge is -2.17. The zero-order valence-electron chi connectivity index (χ0n) is 17.1. The Kier molecular flexibility index (Phi) is 7.66. The van der Waals surface area contributed by atoms with Gasteiger partial charge in [-0.1, -0.05) is 42.6 Å². The van der Waals surface area contributed by atoms with Crippen LogP contribution in [0.25, 0.3) is 0 Å². The zero-order chi connectivity index (χ0) is 24.2. The minimum atomic E-state index is -4.95. The predicted octanol–water partition coefficient (Wildman–Crippen LogP) is 6.23. The van der Waals surface area contributed by atoms with Crippen molar-refractivity contribution in [3.8, 4) is 11.9 Å². The number of alkyl halides is 3. The largest absolute Gasteiger partial charge is 0.573 e. The van der Waals surface area contributed by atoms with Gasteiger partial charge in [0.05, 0.1) is 22.3 Å². The van der Waals surface area contributed by atoms with E-state index in [1.54, 1.807) is 24.4 Å². The Morgan fingerprint density at radius 3 is 2.67 bits per heavy atom. The first-order chi connectivity index (χ1) is 15.6. The van der Waals surface area contributed by atoms with E-state index in [0.29, 0.717) is 27.9 Å². The molecule has 0 saturated heterocycles. The fourth-order valence-electron chi connectivity index (χ4n) is 3.30. The van der Waals surface area contributed by atoms with E-state index < -0.39 is 23.6 Å². The third kappa shape index (κ3) is 6.27. The van der Waals surface area contributed by atoms with Crippen molar-refractivity contribution in [2.75, 3.05) is 6.54 Å². The fraction of sp³-hybridized carbons (Fsp3) is 0.286. The van der Waals surface area contributed by atoms with Crippen LogP contribution in [-0.4, -0.2) is 29.6 Å². The van der Waals surface area contributed by atoms with Crippen molar-refractivity contribution in [3.63, 3.8) is 0 Å². The van der Waals surface area contributed by atoms with E-state index in [9.17, 15) is 17.6 Å². The number of nitrogens with one attached hydrogen (secondary N) is 1. The first kappa shape index (κ1) is 24.6. The molecule has 174 valence electrons. The van der Waals surface area contributed by atoms with Gasteiger partial charge in [-0.2, -0.15) is 10.4 Å². The summed E-state index contributed by atoms with van der Waals surface area (Å²) in [5, 5.41) is 18.1. The first-order valence-corrected chi connectivity index (χ1v) is 10.5. The van der Waals surface area contributed by atoms with Crippen molar-refractivity contribution in [1.82, 2.24) is 10.3 Å². The molecule has 6 nitrogen and oxygen atoms in total. The summed E-state index contributed by atoms with van der Waals surface area (Å²) in [5.41, 5.74) is 0.922. The van der Waals surface area contributed by atoms with Crippen molar-refractivity contribution in [3.05, 3.63) is 57.8 Å². The van der Waals surface area contributed by atoms with Gasteiger partial charge in [0.15, 0.2) is 6.19 Å². The molecular formula is C21H17Cl2F4N5O. The molecule has 1 heterocycles. The Balaban J connectivity index is 2.00. The summed E-state index contributed by atoms with van der Waals surface area (Å²) in [5.74, 6) is -1.77. The normalized spacial score (nSPS) is 16.4. The van der Waals surface area contributed by atoms with Crippen LogP contribution in [0.5, 0.6) is 5.75 Å². The number of ether oxygens (including phenoxy) is 1. The topological polar surface area (TPSA) is 73.0 Å². The average molecular weight is 502 g/mol. The summed E-state index contributed by atoms with van der Waals surface area (Å²) in [6.45, 7) is 2.30. The van der Waals surface area contributed by atoms with Gasteiger partial charge in [0.25, 0.3) is 0 Å². The van der Waals surface area contributed by atoms with Gasteiger partial charge >= 0.3 is 6.36 Å². The maximum atomic E-state index is 14.3. The zero-order valence-corrected chi connectivity index (χ0v) is 18.6. The van der Waals surface area contributed by atoms with E-state index >= 15 is 0 Å². The van der Waals surface area contributed by atoms with Gasteiger partial charge in [-0.3, -0.25) is 5.32 Å². The molecule has 2 aromatic carbocycles. The molecule has 0 saturated carbocycles. The van der Waals surface area contributed by atoms with Gasteiger partial charge in [0.2, 0.25) is 5.96 Å². The van der Waals surface area contributed by atoms with E-state index in [4.69, 9.17) is 28.5 Å². The number of hydrogen-bond acceptors (Lipinski definition) is 4. The molecule has 0 amide bonds. The van der Waals surface area contributed by atoms with E-state index in [1.807, 2.05) is 6.92 Å². The quantitative estimate of drug-likeness (QED) is 0.173. The number of nitriles is 1. The fourth-order valence-corrected chi connectivity index (χ4v) is 3.59. The second-order valence-electron chi connectivity index (χ2n) is 7.02. The van der Waals surface area contributed by atoms with Crippen LogP contribution in [0.3, 0.4) is 0 Å². The van der Waals surface area contributed by atoms with Crippen molar-refractivity contribution >= 4 is 40.6 Å². The number of halogens is 6. The lowest BCUT2D eigenvalue weighted by Crippen LogP contribution is -2.35. The van der Waals surface area contributed by atoms with Gasteiger partial charge in [-0.25, -0.2) is 14.4 Å². The summed E-state index contributed by atoms with van der Waals surface area (Å²) in [6.07, 6.45) is -1.67. The highest BCUT2D eigenvalue weighted by Gasteiger charge is 2.32. The number of aliphatic imine (C=N–C) groups is 1. The van der Waals surface area contributed by atoms with E-state index in [1.165, 1.54) is 5.01 Å². The summed E-state index contributed by atoms with van der Waals surface area (Å²) in [6, 6.07) is 7.46. The van der Waals surface area contributed by atoms with Crippen LogP contribution < -0.4 is 10.1 Å². The molecule has 1 unspecified atom stereocenters. The van der Waals surface area contributed by atoms with Crippen LogP contribution >= 0.6 is 23.2 Å². The van der Waals surface area contributed by atoms with Crippen LogP contribution in [0.15, 0.2) is 46.5 Å². The minimum Gasteiger partial charge on any atom is -0.406 e. The van der Waals surface area contributed by atoms with Crippen LogP contribution in [0.4, 0.5) is 23.2 Å². The van der Waals surface area contributed by atoms with E-state index in [0.717, 1.165) is 31.0 Å². The van der Waals surface area contributed by atoms with Crippen molar-refractivity contribution in [1.29, 1.82) is 5.26 Å². The highest BCUT2D eigenvalue weighted by atomic mass is 35.5. The highest BCUT2D eigenvalue weighted by Crippen LogP contribution is 2.31. The Hall–Kier alpha value is -3.03. The second kappa shape index (κ2) is 10.3. The lowest BCUT2D eigenvalue weighted by molar-refractivity contribution is -0.274. The minimum absolute atomic E-state index is 0.0670. The van der Waals surface area contributed by atoms with Crippen LogP contribution in [0, 0.1) is 23.2 Å². The summed E-state index contributed by atoms with van der Waals surface area (Å²) in [7, 11) is 0. The molecular weight excluding hydrogens is 485 g/mol. The number of hydrogen-bond donors (Lipinski definition) is 1. The number of hydrazone groups is 1. The molecule has 12 heteroatoms. The van der Waals surface area contributed by atoms with Crippen LogP contribution in [-0.2, 0) is 0 Å². The molecule has 0 spiro atoms. The molecule has 33 heavy (non-hydrogen) atoms. The molecule has 0 radical (unpaired) electrons. The molecule has 1 aliphatic rings. The van der Waals surface area contributed by atoms with Crippen LogP contribution in [0.1, 0.15) is 25.3 Å². The third-order valence-electron chi connectivity index (χ3n) is 4.65. The van der Waals surface area contributed by atoms with Crippen molar-refractivity contribution in [2.45, 2.75) is 26.1 Å². The monoisotopic (exact) mass is 501 g/mol. The maximum Gasteiger partial charge on any atom is 0.573 e. The summed E-state index contributed by atoms with van der Waals surface area (Å²) >= 11 is 12.1. The Labute approximate surface area is 197 Å². The third-order valence-corrected chi connectivity index (χ3v) is 5.39. The molecule has 0 aromatic heterocycles. The molecule has 1 aliphatic heterocycles. The Morgan fingerprint density at radius 1 is 1.27 bits per heavy atom. The highest BCUT2D eigenvalue weighted by molar-refractivity contribution is 6.42. The van der Waals surface area contributed by atoms with Crippen molar-refractivity contribution < 1.29 is 22.3 Å². The summed E-state index contributed by atoms with van der Waals surface area (Å²) in [4.78, 5) is 4.01. The molecule has 2 aromatic rings.